The zero-order valence-electron chi connectivity index (χ0n) is 23.8. The van der Waals surface area contributed by atoms with Crippen LogP contribution in [0.1, 0.15) is 10.4 Å². The Hall–Kier alpha value is -5.55. The van der Waals surface area contributed by atoms with Crippen molar-refractivity contribution in [3.05, 3.63) is 109 Å². The Morgan fingerprint density at radius 2 is 1.72 bits per heavy atom. The standard InChI is InChI=1S/C32H30FN7O3/c1-39(2)16-7-14-29(41)35-22-9-4-8-21(18-22)31(42)36-23-10-5-11-24(19-23)37-32-34-20-26(33)30(38-32)40-17-15-25-27(40)12-6-13-28(25)43-3/h4-15,17-20H,16H2,1-3H3,(H,35,41)(H,36,42)(H,34,37,38). The molecule has 5 rings (SSSR count). The highest BCUT2D eigenvalue weighted by atomic mass is 19.1. The third-order valence-electron chi connectivity index (χ3n) is 6.38. The minimum atomic E-state index is -0.588. The van der Waals surface area contributed by atoms with Crippen molar-refractivity contribution in [3.63, 3.8) is 0 Å². The molecule has 3 N–H and O–H groups in total. The molecule has 0 bridgehead atoms. The van der Waals surface area contributed by atoms with Crippen LogP contribution in [0.4, 0.5) is 27.4 Å². The number of aromatic nitrogens is 3. The fraction of sp³-hybridized carbons (Fsp3) is 0.125. The average Bonchev–Trinajstić information content (AvgIpc) is 3.42. The van der Waals surface area contributed by atoms with Crippen molar-refractivity contribution in [2.75, 3.05) is 43.7 Å². The molecular formula is C32H30FN7O3. The first-order chi connectivity index (χ1) is 20.8. The van der Waals surface area contributed by atoms with Crippen LogP contribution in [-0.2, 0) is 4.79 Å². The van der Waals surface area contributed by atoms with E-state index in [1.165, 1.54) is 6.08 Å². The first-order valence-corrected chi connectivity index (χ1v) is 13.4. The summed E-state index contributed by atoms with van der Waals surface area (Å²) in [6, 6.07) is 21.0. The van der Waals surface area contributed by atoms with Crippen molar-refractivity contribution in [2.45, 2.75) is 0 Å². The van der Waals surface area contributed by atoms with Gasteiger partial charge >= 0.3 is 0 Å². The number of ether oxygens (including phenoxy) is 1. The van der Waals surface area contributed by atoms with Crippen LogP contribution < -0.4 is 20.7 Å². The lowest BCUT2D eigenvalue weighted by atomic mass is 10.1. The van der Waals surface area contributed by atoms with Gasteiger partial charge in [0.15, 0.2) is 11.6 Å². The minimum absolute atomic E-state index is 0.0744. The molecule has 2 heterocycles. The topological polar surface area (TPSA) is 113 Å². The molecule has 0 saturated carbocycles. The quantitative estimate of drug-likeness (QED) is 0.184. The van der Waals surface area contributed by atoms with E-state index in [4.69, 9.17) is 4.74 Å². The number of nitrogens with zero attached hydrogens (tertiary/aromatic N) is 4. The summed E-state index contributed by atoms with van der Waals surface area (Å²) in [6.07, 6.45) is 6.04. The Kier molecular flexibility index (Phi) is 8.73. The molecule has 0 saturated heterocycles. The molecule has 2 amide bonds. The predicted octanol–water partition coefficient (Wildman–Crippen LogP) is 5.62. The molecule has 218 valence electrons. The number of rotatable bonds is 10. The van der Waals surface area contributed by atoms with Crippen molar-refractivity contribution in [1.82, 2.24) is 19.4 Å². The van der Waals surface area contributed by atoms with Gasteiger partial charge in [0.2, 0.25) is 11.9 Å². The second-order valence-electron chi connectivity index (χ2n) is 9.84. The molecular weight excluding hydrogens is 549 g/mol. The van der Waals surface area contributed by atoms with Crippen molar-refractivity contribution < 1.29 is 18.7 Å². The largest absolute Gasteiger partial charge is 0.496 e. The molecule has 3 aromatic carbocycles. The first kappa shape index (κ1) is 29.0. The maximum Gasteiger partial charge on any atom is 0.255 e. The van der Waals surface area contributed by atoms with E-state index in [0.717, 1.165) is 17.1 Å². The van der Waals surface area contributed by atoms with Crippen LogP contribution >= 0.6 is 0 Å². The monoisotopic (exact) mass is 579 g/mol. The van der Waals surface area contributed by atoms with Gasteiger partial charge in [-0.25, -0.2) is 9.37 Å². The molecule has 2 aromatic heterocycles. The van der Waals surface area contributed by atoms with Gasteiger partial charge in [-0.05, 0) is 68.7 Å². The highest BCUT2D eigenvalue weighted by Gasteiger charge is 2.14. The summed E-state index contributed by atoms with van der Waals surface area (Å²) in [4.78, 5) is 35.6. The lowest BCUT2D eigenvalue weighted by Gasteiger charge is -2.11. The van der Waals surface area contributed by atoms with Gasteiger partial charge in [0.05, 0.1) is 18.8 Å². The summed E-state index contributed by atoms with van der Waals surface area (Å²) < 4.78 is 21.9. The summed E-state index contributed by atoms with van der Waals surface area (Å²) in [5, 5.41) is 9.52. The number of anilines is 4. The summed E-state index contributed by atoms with van der Waals surface area (Å²) in [6.45, 7) is 0.637. The number of fused-ring (bicyclic) bond motifs is 1. The Balaban J connectivity index is 1.29. The molecule has 0 fully saturated rings. The third kappa shape index (κ3) is 7.03. The fourth-order valence-electron chi connectivity index (χ4n) is 4.39. The summed E-state index contributed by atoms with van der Waals surface area (Å²) in [7, 11) is 5.40. The van der Waals surface area contributed by atoms with Crippen molar-refractivity contribution >= 4 is 45.7 Å². The smallest absolute Gasteiger partial charge is 0.255 e. The molecule has 0 aliphatic rings. The van der Waals surface area contributed by atoms with Gasteiger partial charge in [-0.1, -0.05) is 24.3 Å². The molecule has 10 nitrogen and oxygen atoms in total. The second-order valence-corrected chi connectivity index (χ2v) is 9.84. The molecule has 0 aliphatic heterocycles. The first-order valence-electron chi connectivity index (χ1n) is 13.4. The predicted molar refractivity (Wildman–Crippen MR) is 166 cm³/mol. The molecule has 0 radical (unpaired) electrons. The number of benzene rings is 3. The Labute approximate surface area is 247 Å². The molecule has 43 heavy (non-hydrogen) atoms. The van der Waals surface area contributed by atoms with Gasteiger partial charge in [-0.15, -0.1) is 0 Å². The summed E-state index contributed by atoms with van der Waals surface area (Å²) in [5.41, 5.74) is 2.70. The van der Waals surface area contributed by atoms with E-state index in [9.17, 15) is 14.0 Å². The highest BCUT2D eigenvalue weighted by molar-refractivity contribution is 6.06. The van der Waals surface area contributed by atoms with Gasteiger partial charge in [0, 0.05) is 46.8 Å². The molecule has 0 aliphatic carbocycles. The number of nitrogens with one attached hydrogen (secondary N) is 3. The van der Waals surface area contributed by atoms with Crippen LogP contribution in [-0.4, -0.2) is 59.0 Å². The summed E-state index contributed by atoms with van der Waals surface area (Å²) in [5.74, 6) is -0.305. The maximum atomic E-state index is 14.9. The zero-order chi connectivity index (χ0) is 30.3. The van der Waals surface area contributed by atoms with Crippen LogP contribution in [0.2, 0.25) is 0 Å². The SMILES string of the molecule is COc1cccc2c1ccn2-c1nc(Nc2cccc(NC(=O)c3cccc(NC(=O)C=CCN(C)C)c3)c2)ncc1F. The van der Waals surface area contributed by atoms with Gasteiger partial charge < -0.3 is 25.6 Å². The zero-order valence-corrected chi connectivity index (χ0v) is 23.8. The molecule has 0 unspecified atom stereocenters. The Morgan fingerprint density at radius 1 is 0.977 bits per heavy atom. The van der Waals surface area contributed by atoms with Crippen LogP contribution in [0.3, 0.4) is 0 Å². The lowest BCUT2D eigenvalue weighted by molar-refractivity contribution is -0.111. The lowest BCUT2D eigenvalue weighted by Crippen LogP contribution is -2.14. The number of amides is 2. The number of carbonyl (C=O) groups is 2. The second kappa shape index (κ2) is 13.0. The number of hydrogen-bond donors (Lipinski definition) is 3. The van der Waals surface area contributed by atoms with E-state index in [0.29, 0.717) is 34.9 Å². The van der Waals surface area contributed by atoms with Crippen LogP contribution in [0, 0.1) is 5.82 Å². The average molecular weight is 580 g/mol. The van der Waals surface area contributed by atoms with E-state index >= 15 is 0 Å². The van der Waals surface area contributed by atoms with Crippen LogP contribution in [0.25, 0.3) is 16.7 Å². The van der Waals surface area contributed by atoms with E-state index in [1.54, 1.807) is 72.5 Å². The molecule has 5 aromatic rings. The summed E-state index contributed by atoms with van der Waals surface area (Å²) >= 11 is 0. The van der Waals surface area contributed by atoms with E-state index < -0.39 is 5.82 Å². The van der Waals surface area contributed by atoms with Crippen LogP contribution in [0.5, 0.6) is 5.75 Å². The highest BCUT2D eigenvalue weighted by Crippen LogP contribution is 2.29. The van der Waals surface area contributed by atoms with Gasteiger partial charge in [0.1, 0.15) is 5.75 Å². The Morgan fingerprint density at radius 3 is 2.51 bits per heavy atom. The third-order valence-corrected chi connectivity index (χ3v) is 6.38. The Bertz CT molecular complexity index is 1820. The van der Waals surface area contributed by atoms with Crippen molar-refractivity contribution in [3.8, 4) is 11.6 Å². The van der Waals surface area contributed by atoms with E-state index in [2.05, 4.69) is 25.9 Å². The number of hydrogen-bond acceptors (Lipinski definition) is 7. The van der Waals surface area contributed by atoms with Crippen LogP contribution in [0.15, 0.2) is 97.3 Å². The number of carbonyl (C=O) groups excluding carboxylic acids is 2. The maximum absolute atomic E-state index is 14.9. The number of likely N-dealkylation sites (N-methyl/N-ethyl adjacent to an activating group) is 1. The van der Waals surface area contributed by atoms with Crippen molar-refractivity contribution in [1.29, 1.82) is 0 Å². The normalized spacial score (nSPS) is 11.2. The molecule has 11 heteroatoms. The van der Waals surface area contributed by atoms with Gasteiger partial charge in [-0.2, -0.15) is 4.98 Å². The number of halogens is 1. The molecule has 0 spiro atoms. The fourth-order valence-corrected chi connectivity index (χ4v) is 4.39. The van der Waals surface area contributed by atoms with Crippen molar-refractivity contribution in [2.24, 2.45) is 0 Å². The number of methoxy groups -OCH3 is 1. The van der Waals surface area contributed by atoms with E-state index in [1.807, 2.05) is 43.3 Å². The minimum Gasteiger partial charge on any atom is -0.496 e. The van der Waals surface area contributed by atoms with Gasteiger partial charge in [0.25, 0.3) is 5.91 Å². The molecule has 0 atom stereocenters. The van der Waals surface area contributed by atoms with Gasteiger partial charge in [-0.3, -0.25) is 14.2 Å². The van der Waals surface area contributed by atoms with E-state index in [-0.39, 0.29) is 23.6 Å².